The maximum atomic E-state index is 7.45. The second-order valence-electron chi connectivity index (χ2n) is 2.95. The first-order valence-electron chi connectivity index (χ1n) is 5.25. The first-order chi connectivity index (χ1) is 7.76. The molecule has 0 atom stereocenters. The molecule has 80 valence electrons. The van der Waals surface area contributed by atoms with Crippen molar-refractivity contribution in [2.75, 3.05) is 13.7 Å². The van der Waals surface area contributed by atoms with Crippen LogP contribution in [0.25, 0.3) is 0 Å². The predicted octanol–water partition coefficient (Wildman–Crippen LogP) is 2.95. The van der Waals surface area contributed by atoms with Gasteiger partial charge in [0.1, 0.15) is 5.75 Å². The van der Waals surface area contributed by atoms with Crippen molar-refractivity contribution in [2.45, 2.75) is 6.61 Å². The maximum Gasteiger partial charge on any atom is 0.118 e. The molecule has 0 N–H and O–H groups in total. The molecule has 0 saturated heterocycles. The third kappa shape index (κ3) is 4.47. The summed E-state index contributed by atoms with van der Waals surface area (Å²) >= 11 is 0. The molecule has 2 nitrogen and oxygen atoms in total. The Labute approximate surface area is 92.2 Å². The minimum Gasteiger partial charge on any atom is -0.497 e. The minimum absolute atomic E-state index is 0.304. The molecule has 2 heteroatoms. The van der Waals surface area contributed by atoms with Gasteiger partial charge in [0.05, 0.1) is 21.7 Å². The van der Waals surface area contributed by atoms with E-state index in [0.717, 1.165) is 11.3 Å². The molecule has 15 heavy (non-hydrogen) atoms. The van der Waals surface area contributed by atoms with Crippen LogP contribution in [0.3, 0.4) is 0 Å². The van der Waals surface area contributed by atoms with Crippen molar-refractivity contribution in [3.05, 3.63) is 54.6 Å². The SMILES string of the molecule is [2H]/C(=C\C=C)COCc1ccc(OC)cc1. The van der Waals surface area contributed by atoms with Crippen molar-refractivity contribution < 1.29 is 10.8 Å². The lowest BCUT2D eigenvalue weighted by molar-refractivity contribution is 0.148. The molecule has 1 aromatic rings. The highest BCUT2D eigenvalue weighted by Crippen LogP contribution is 2.11. The fourth-order valence-corrected chi connectivity index (χ4v) is 1.08. The van der Waals surface area contributed by atoms with E-state index < -0.39 is 0 Å². The highest BCUT2D eigenvalue weighted by molar-refractivity contribution is 5.26. The van der Waals surface area contributed by atoms with Crippen LogP contribution in [0.1, 0.15) is 6.93 Å². The number of hydrogen-bond acceptors (Lipinski definition) is 2. The van der Waals surface area contributed by atoms with E-state index >= 15 is 0 Å². The maximum absolute atomic E-state index is 7.45. The van der Waals surface area contributed by atoms with Crippen molar-refractivity contribution >= 4 is 0 Å². The van der Waals surface area contributed by atoms with E-state index in [1.54, 1.807) is 19.3 Å². The topological polar surface area (TPSA) is 18.5 Å². The minimum atomic E-state index is 0.304. The Kier molecular flexibility index (Phi) is 4.56. The van der Waals surface area contributed by atoms with Crippen LogP contribution >= 0.6 is 0 Å². The average Bonchev–Trinajstić information content (AvgIpc) is 2.30. The van der Waals surface area contributed by atoms with Gasteiger partial charge < -0.3 is 9.47 Å². The lowest BCUT2D eigenvalue weighted by Crippen LogP contribution is -1.92. The summed E-state index contributed by atoms with van der Waals surface area (Å²) in [7, 11) is 1.64. The third-order valence-corrected chi connectivity index (χ3v) is 1.85. The smallest absolute Gasteiger partial charge is 0.118 e. The molecule has 0 unspecified atom stereocenters. The fourth-order valence-electron chi connectivity index (χ4n) is 1.08. The Morgan fingerprint density at radius 2 is 2.13 bits per heavy atom. The second kappa shape index (κ2) is 6.85. The zero-order valence-corrected chi connectivity index (χ0v) is 8.90. The van der Waals surface area contributed by atoms with Crippen LogP contribution < -0.4 is 4.74 Å². The van der Waals surface area contributed by atoms with Gasteiger partial charge in [-0.05, 0) is 17.7 Å². The third-order valence-electron chi connectivity index (χ3n) is 1.85. The van der Waals surface area contributed by atoms with Crippen LogP contribution in [0.15, 0.2) is 49.0 Å². The number of benzene rings is 1. The van der Waals surface area contributed by atoms with Crippen molar-refractivity contribution in [1.82, 2.24) is 0 Å². The van der Waals surface area contributed by atoms with E-state index in [0.29, 0.717) is 19.3 Å². The molecule has 0 aliphatic rings. The first-order valence-corrected chi connectivity index (χ1v) is 4.75. The fraction of sp³-hybridized carbons (Fsp3) is 0.231. The van der Waals surface area contributed by atoms with Gasteiger partial charge in [-0.2, -0.15) is 0 Å². The zero-order chi connectivity index (χ0) is 11.8. The highest BCUT2D eigenvalue weighted by atomic mass is 16.5. The lowest BCUT2D eigenvalue weighted by atomic mass is 10.2. The summed E-state index contributed by atoms with van der Waals surface area (Å²) in [6.07, 6.45) is 3.20. The number of allylic oxidation sites excluding steroid dienone is 2. The molecular formula is C13H16O2. The summed E-state index contributed by atoms with van der Waals surface area (Å²) in [4.78, 5) is 0. The molecule has 0 aliphatic heterocycles. The molecule has 0 amide bonds. The van der Waals surface area contributed by atoms with Crippen LogP contribution in [0.2, 0.25) is 0 Å². The zero-order valence-electron chi connectivity index (χ0n) is 9.90. The quantitative estimate of drug-likeness (QED) is 0.665. The van der Waals surface area contributed by atoms with Gasteiger partial charge in [0.2, 0.25) is 0 Å². The summed E-state index contributed by atoms with van der Waals surface area (Å²) in [5.41, 5.74) is 1.06. The summed E-state index contributed by atoms with van der Waals surface area (Å²) in [6.45, 7) is 4.32. The Morgan fingerprint density at radius 1 is 1.40 bits per heavy atom. The van der Waals surface area contributed by atoms with Gasteiger partial charge in [-0.15, -0.1) is 0 Å². The summed E-state index contributed by atoms with van der Waals surface area (Å²) in [5, 5.41) is 0. The lowest BCUT2D eigenvalue weighted by Gasteiger charge is -2.03. The molecule has 1 aromatic carbocycles. The van der Waals surface area contributed by atoms with Gasteiger partial charge in [0.25, 0.3) is 0 Å². The van der Waals surface area contributed by atoms with Gasteiger partial charge in [-0.25, -0.2) is 0 Å². The highest BCUT2D eigenvalue weighted by Gasteiger charge is 1.93. The summed E-state index contributed by atoms with van der Waals surface area (Å²) in [6, 6.07) is 8.09. The molecule has 1 rings (SSSR count). The van der Waals surface area contributed by atoms with E-state index in [1.807, 2.05) is 24.3 Å². The van der Waals surface area contributed by atoms with Crippen LogP contribution in [0.5, 0.6) is 5.75 Å². The normalized spacial score (nSPS) is 12.1. The van der Waals surface area contributed by atoms with Gasteiger partial charge in [-0.1, -0.05) is 36.9 Å². The van der Waals surface area contributed by atoms with Crippen molar-refractivity contribution in [3.8, 4) is 5.75 Å². The molecule has 0 spiro atoms. The van der Waals surface area contributed by atoms with Gasteiger partial charge in [0, 0.05) is 0 Å². The second-order valence-corrected chi connectivity index (χ2v) is 2.95. The number of ether oxygens (including phenoxy) is 2. The molecule has 0 heterocycles. The molecule has 0 saturated carbocycles. The van der Waals surface area contributed by atoms with Crippen LogP contribution in [-0.2, 0) is 11.3 Å². The monoisotopic (exact) mass is 205 g/mol. The standard InChI is InChI=1S/C13H16O2/c1-3-4-5-10-15-11-12-6-8-13(14-2)9-7-12/h3-9H,1,10-11H2,2H3/b5-4+/i5D. The Bertz CT molecular complexity index is 355. The van der Waals surface area contributed by atoms with E-state index in [4.69, 9.17) is 10.8 Å². The van der Waals surface area contributed by atoms with Crippen LogP contribution in [-0.4, -0.2) is 13.7 Å². The molecular weight excluding hydrogens is 188 g/mol. The number of methoxy groups -OCH3 is 1. The average molecular weight is 205 g/mol. The molecule has 0 bridgehead atoms. The molecule has 0 fully saturated rings. The number of rotatable bonds is 6. The van der Waals surface area contributed by atoms with Gasteiger partial charge in [-0.3, -0.25) is 0 Å². The predicted molar refractivity (Wildman–Crippen MR) is 62.0 cm³/mol. The van der Waals surface area contributed by atoms with E-state index in [2.05, 4.69) is 6.58 Å². The first kappa shape index (κ1) is 9.99. The number of hydrogen-bond donors (Lipinski definition) is 0. The van der Waals surface area contributed by atoms with Crippen LogP contribution in [0.4, 0.5) is 0 Å². The van der Waals surface area contributed by atoms with E-state index in [1.165, 1.54) is 0 Å². The van der Waals surface area contributed by atoms with E-state index in [9.17, 15) is 0 Å². The summed E-state index contributed by atoms with van der Waals surface area (Å²) in [5.74, 6) is 0.830. The van der Waals surface area contributed by atoms with E-state index in [-0.39, 0.29) is 0 Å². The van der Waals surface area contributed by atoms with Crippen LogP contribution in [0, 0.1) is 0 Å². The molecule has 0 radical (unpaired) electrons. The van der Waals surface area contributed by atoms with Gasteiger partial charge >= 0.3 is 0 Å². The van der Waals surface area contributed by atoms with Crippen molar-refractivity contribution in [3.63, 3.8) is 0 Å². The molecule has 0 aromatic heterocycles. The largest absolute Gasteiger partial charge is 0.497 e. The summed E-state index contributed by atoms with van der Waals surface area (Å²) < 4.78 is 17.9. The molecule has 0 aliphatic carbocycles. The Morgan fingerprint density at radius 3 is 2.73 bits per heavy atom. The van der Waals surface area contributed by atoms with Gasteiger partial charge in [0.15, 0.2) is 0 Å². The Hall–Kier alpha value is -1.54. The van der Waals surface area contributed by atoms with Crippen molar-refractivity contribution in [2.24, 2.45) is 0 Å². The van der Waals surface area contributed by atoms with Crippen molar-refractivity contribution in [1.29, 1.82) is 0 Å². The Balaban J connectivity index is 2.37.